The Balaban J connectivity index is 2.05. The molecule has 0 saturated carbocycles. The maximum absolute atomic E-state index is 13.2. The van der Waals surface area contributed by atoms with Crippen molar-refractivity contribution in [2.45, 2.75) is 24.9 Å². The van der Waals surface area contributed by atoms with Crippen molar-refractivity contribution in [2.75, 3.05) is 20.3 Å². The summed E-state index contributed by atoms with van der Waals surface area (Å²) in [7, 11) is 1.36. The number of ether oxygens (including phenoxy) is 2. The van der Waals surface area contributed by atoms with Crippen LogP contribution in [0.15, 0.2) is 18.2 Å². The molecule has 0 amide bonds. The van der Waals surface area contributed by atoms with Crippen LogP contribution in [0.25, 0.3) is 0 Å². The summed E-state index contributed by atoms with van der Waals surface area (Å²) in [6, 6.07) is 4.22. The van der Waals surface area contributed by atoms with Gasteiger partial charge in [0.25, 0.3) is 0 Å². The number of nitrogens with one attached hydrogen (secondary N) is 1. The molecule has 0 aliphatic carbocycles. The van der Waals surface area contributed by atoms with Crippen molar-refractivity contribution >= 4 is 17.6 Å². The lowest BCUT2D eigenvalue weighted by molar-refractivity contribution is -0.142. The van der Waals surface area contributed by atoms with E-state index in [0.29, 0.717) is 36.8 Å². The second-order valence-corrected chi connectivity index (χ2v) is 5.33. The Morgan fingerprint density at radius 3 is 3.05 bits per heavy atom. The molecule has 0 radical (unpaired) electrons. The van der Waals surface area contributed by atoms with Gasteiger partial charge < -0.3 is 14.8 Å². The fourth-order valence-corrected chi connectivity index (χ4v) is 2.44. The van der Waals surface area contributed by atoms with Crippen LogP contribution in [0, 0.1) is 5.82 Å². The van der Waals surface area contributed by atoms with Crippen LogP contribution in [-0.4, -0.2) is 31.8 Å². The SMILES string of the molecule is COC(=O)C[C@]1(NCc2cc(F)ccc2Cl)CCOC1. The summed E-state index contributed by atoms with van der Waals surface area (Å²) in [6.07, 6.45) is 0.922. The highest BCUT2D eigenvalue weighted by Crippen LogP contribution is 2.25. The molecule has 0 unspecified atom stereocenters. The molecule has 1 heterocycles. The molecule has 0 bridgehead atoms. The van der Waals surface area contributed by atoms with Crippen molar-refractivity contribution in [1.29, 1.82) is 0 Å². The van der Waals surface area contributed by atoms with E-state index in [0.717, 1.165) is 0 Å². The molecule has 4 nitrogen and oxygen atoms in total. The lowest BCUT2D eigenvalue weighted by Gasteiger charge is -2.28. The Labute approximate surface area is 122 Å². The van der Waals surface area contributed by atoms with Crippen molar-refractivity contribution in [3.63, 3.8) is 0 Å². The van der Waals surface area contributed by atoms with Gasteiger partial charge in [-0.3, -0.25) is 4.79 Å². The minimum atomic E-state index is -0.470. The normalized spacial score (nSPS) is 21.9. The van der Waals surface area contributed by atoms with Crippen molar-refractivity contribution < 1.29 is 18.7 Å². The smallest absolute Gasteiger partial charge is 0.307 e. The van der Waals surface area contributed by atoms with Gasteiger partial charge in [0, 0.05) is 18.2 Å². The summed E-state index contributed by atoms with van der Waals surface area (Å²) in [5.41, 5.74) is 0.186. The van der Waals surface area contributed by atoms with Crippen molar-refractivity contribution in [3.8, 4) is 0 Å². The van der Waals surface area contributed by atoms with Crippen LogP contribution in [0.1, 0.15) is 18.4 Å². The van der Waals surface area contributed by atoms with Gasteiger partial charge in [-0.25, -0.2) is 4.39 Å². The van der Waals surface area contributed by atoms with Crippen LogP contribution >= 0.6 is 11.6 Å². The number of rotatable bonds is 5. The van der Waals surface area contributed by atoms with E-state index in [1.807, 2.05) is 0 Å². The summed E-state index contributed by atoms with van der Waals surface area (Å²) in [5, 5.41) is 3.76. The average molecular weight is 302 g/mol. The Kier molecular flexibility index (Phi) is 4.96. The highest BCUT2D eigenvalue weighted by molar-refractivity contribution is 6.31. The molecule has 1 aromatic rings. The molecule has 20 heavy (non-hydrogen) atoms. The minimum Gasteiger partial charge on any atom is -0.469 e. The summed E-state index contributed by atoms with van der Waals surface area (Å²) < 4.78 is 23.3. The third-order valence-electron chi connectivity index (χ3n) is 3.48. The summed E-state index contributed by atoms with van der Waals surface area (Å²) in [4.78, 5) is 11.5. The van der Waals surface area contributed by atoms with Gasteiger partial charge in [-0.2, -0.15) is 0 Å². The quantitative estimate of drug-likeness (QED) is 0.848. The minimum absolute atomic E-state index is 0.219. The molecule has 0 spiro atoms. The van der Waals surface area contributed by atoms with Crippen LogP contribution < -0.4 is 5.32 Å². The van der Waals surface area contributed by atoms with Crippen LogP contribution in [-0.2, 0) is 20.8 Å². The van der Waals surface area contributed by atoms with E-state index in [9.17, 15) is 9.18 Å². The average Bonchev–Trinajstić information content (AvgIpc) is 2.88. The molecular weight excluding hydrogens is 285 g/mol. The third-order valence-corrected chi connectivity index (χ3v) is 3.84. The number of hydrogen-bond donors (Lipinski definition) is 1. The van der Waals surface area contributed by atoms with E-state index in [4.69, 9.17) is 21.1 Å². The molecule has 1 fully saturated rings. The Hall–Kier alpha value is -1.17. The van der Waals surface area contributed by atoms with Crippen LogP contribution in [0.3, 0.4) is 0 Å². The number of methoxy groups -OCH3 is 1. The molecule has 1 atom stereocenters. The fourth-order valence-electron chi connectivity index (χ4n) is 2.26. The second kappa shape index (κ2) is 6.52. The van der Waals surface area contributed by atoms with Gasteiger partial charge in [0.1, 0.15) is 5.82 Å². The molecule has 1 aliphatic heterocycles. The zero-order valence-electron chi connectivity index (χ0n) is 11.2. The van der Waals surface area contributed by atoms with Crippen LogP contribution in [0.5, 0.6) is 0 Å². The lowest BCUT2D eigenvalue weighted by atomic mass is 9.94. The largest absolute Gasteiger partial charge is 0.469 e. The number of halogens is 2. The highest BCUT2D eigenvalue weighted by atomic mass is 35.5. The molecule has 6 heteroatoms. The van der Waals surface area contributed by atoms with E-state index < -0.39 is 5.54 Å². The van der Waals surface area contributed by atoms with Gasteiger partial charge in [-0.15, -0.1) is 0 Å². The van der Waals surface area contributed by atoms with Crippen molar-refractivity contribution in [1.82, 2.24) is 5.32 Å². The fraction of sp³-hybridized carbons (Fsp3) is 0.500. The van der Waals surface area contributed by atoms with Crippen LogP contribution in [0.4, 0.5) is 4.39 Å². The van der Waals surface area contributed by atoms with Gasteiger partial charge >= 0.3 is 5.97 Å². The number of hydrogen-bond acceptors (Lipinski definition) is 4. The van der Waals surface area contributed by atoms with Crippen LogP contribution in [0.2, 0.25) is 5.02 Å². The van der Waals surface area contributed by atoms with Gasteiger partial charge in [-0.05, 0) is 30.2 Å². The Morgan fingerprint density at radius 1 is 1.60 bits per heavy atom. The standard InChI is InChI=1S/C14H17ClFNO3/c1-19-13(18)7-14(4-5-20-9-14)17-8-10-6-11(16)2-3-12(10)15/h2-3,6,17H,4-5,7-9H2,1H3/t14-/m1/s1. The predicted octanol–water partition coefficient (Wildman–Crippen LogP) is 2.29. The molecule has 110 valence electrons. The van der Waals surface area contributed by atoms with E-state index in [1.165, 1.54) is 25.3 Å². The maximum Gasteiger partial charge on any atom is 0.307 e. The first kappa shape index (κ1) is 15.2. The predicted molar refractivity (Wildman–Crippen MR) is 73.0 cm³/mol. The Morgan fingerprint density at radius 2 is 2.40 bits per heavy atom. The summed E-state index contributed by atoms with van der Waals surface area (Å²) in [5.74, 6) is -0.635. The monoisotopic (exact) mass is 301 g/mol. The van der Waals surface area contributed by atoms with E-state index in [2.05, 4.69) is 5.32 Å². The topological polar surface area (TPSA) is 47.6 Å². The molecule has 1 saturated heterocycles. The molecule has 0 aromatic heterocycles. The summed E-state index contributed by atoms with van der Waals surface area (Å²) in [6.45, 7) is 1.38. The van der Waals surface area contributed by atoms with Crippen molar-refractivity contribution in [3.05, 3.63) is 34.6 Å². The first-order valence-corrected chi connectivity index (χ1v) is 6.76. The van der Waals surface area contributed by atoms with E-state index >= 15 is 0 Å². The first-order chi connectivity index (χ1) is 9.54. The van der Waals surface area contributed by atoms with Crippen molar-refractivity contribution in [2.24, 2.45) is 0 Å². The van der Waals surface area contributed by atoms with Gasteiger partial charge in [-0.1, -0.05) is 11.6 Å². The second-order valence-electron chi connectivity index (χ2n) is 4.93. The van der Waals surface area contributed by atoms with E-state index in [1.54, 1.807) is 0 Å². The highest BCUT2D eigenvalue weighted by Gasteiger charge is 2.37. The number of benzene rings is 1. The van der Waals surface area contributed by atoms with E-state index in [-0.39, 0.29) is 18.2 Å². The molecular formula is C14H17ClFNO3. The zero-order valence-corrected chi connectivity index (χ0v) is 12.0. The number of carbonyl (C=O) groups is 1. The molecule has 1 aromatic carbocycles. The van der Waals surface area contributed by atoms with Gasteiger partial charge in [0.2, 0.25) is 0 Å². The molecule has 1 aliphatic rings. The van der Waals surface area contributed by atoms with Gasteiger partial charge in [0.05, 0.1) is 25.7 Å². The third kappa shape index (κ3) is 3.69. The summed E-state index contributed by atoms with van der Waals surface area (Å²) >= 11 is 6.03. The zero-order chi connectivity index (χ0) is 14.6. The molecule has 1 N–H and O–H groups in total. The number of esters is 1. The molecule has 2 rings (SSSR count). The van der Waals surface area contributed by atoms with Gasteiger partial charge in [0.15, 0.2) is 0 Å². The number of carbonyl (C=O) groups excluding carboxylic acids is 1. The lowest BCUT2D eigenvalue weighted by Crippen LogP contribution is -2.47. The Bertz CT molecular complexity index is 489. The maximum atomic E-state index is 13.2. The first-order valence-electron chi connectivity index (χ1n) is 6.38.